The Labute approximate surface area is 146 Å². The molecule has 5 nitrogen and oxygen atoms in total. The number of hydrazine groups is 1. The van der Waals surface area contributed by atoms with Crippen molar-refractivity contribution in [2.75, 3.05) is 14.2 Å². The molecule has 6 heteroatoms. The molecule has 0 aliphatic carbocycles. The Morgan fingerprint density at radius 3 is 2.68 bits per heavy atom. The third-order valence-corrected chi connectivity index (χ3v) is 4.42. The summed E-state index contributed by atoms with van der Waals surface area (Å²) in [6.45, 7) is 0.341. The van der Waals surface area contributed by atoms with Crippen LogP contribution in [-0.2, 0) is 11.3 Å². The van der Waals surface area contributed by atoms with Gasteiger partial charge in [0.15, 0.2) is 11.6 Å². The average Bonchev–Trinajstić information content (AvgIpc) is 3.12. The molecule has 1 aliphatic heterocycles. The smallest absolute Gasteiger partial charge is 0.241 e. The highest BCUT2D eigenvalue weighted by Crippen LogP contribution is 2.23. The summed E-state index contributed by atoms with van der Waals surface area (Å²) < 4.78 is 18.7. The molecule has 1 fully saturated rings. The molecular formula is C19H22FN3O2. The topological polar surface area (TPSA) is 53.6 Å². The van der Waals surface area contributed by atoms with Gasteiger partial charge in [-0.3, -0.25) is 4.79 Å². The zero-order valence-corrected chi connectivity index (χ0v) is 14.3. The van der Waals surface area contributed by atoms with Crippen LogP contribution in [0.15, 0.2) is 48.5 Å². The van der Waals surface area contributed by atoms with Crippen molar-refractivity contribution in [2.45, 2.75) is 25.0 Å². The molecule has 132 valence electrons. The molecule has 1 amide bonds. The molecule has 1 heterocycles. The SMILES string of the molecule is COc1ccc(CN(C)C(=O)C2CC(c3ccccc3)NN2)cc1F. The number of rotatable bonds is 5. The monoisotopic (exact) mass is 343 g/mol. The largest absolute Gasteiger partial charge is 0.494 e. The lowest BCUT2D eigenvalue weighted by molar-refractivity contribution is -0.132. The standard InChI is InChI=1S/C19H22FN3O2/c1-23(12-13-8-9-18(25-2)15(20)10-13)19(24)17-11-16(21-22-17)14-6-4-3-5-7-14/h3-10,16-17,21-22H,11-12H2,1-2H3. The Balaban J connectivity index is 1.60. The number of nitrogens with zero attached hydrogens (tertiary/aromatic N) is 1. The first-order valence-corrected chi connectivity index (χ1v) is 8.22. The predicted molar refractivity (Wildman–Crippen MR) is 93.3 cm³/mol. The lowest BCUT2D eigenvalue weighted by Gasteiger charge is -2.21. The molecule has 25 heavy (non-hydrogen) atoms. The van der Waals surface area contributed by atoms with Crippen LogP contribution in [0.25, 0.3) is 0 Å². The summed E-state index contributed by atoms with van der Waals surface area (Å²) in [5.41, 5.74) is 8.10. The minimum absolute atomic E-state index is 0.0258. The van der Waals surface area contributed by atoms with E-state index in [4.69, 9.17) is 4.74 Å². The summed E-state index contributed by atoms with van der Waals surface area (Å²) in [7, 11) is 3.15. The van der Waals surface area contributed by atoms with E-state index in [1.165, 1.54) is 13.2 Å². The van der Waals surface area contributed by atoms with E-state index in [9.17, 15) is 9.18 Å². The van der Waals surface area contributed by atoms with Crippen LogP contribution in [0.4, 0.5) is 4.39 Å². The maximum Gasteiger partial charge on any atom is 0.241 e. The molecule has 2 N–H and O–H groups in total. The maximum atomic E-state index is 13.8. The number of halogens is 1. The van der Waals surface area contributed by atoms with Crippen LogP contribution in [-0.4, -0.2) is 31.0 Å². The first-order valence-electron chi connectivity index (χ1n) is 8.22. The number of ether oxygens (including phenoxy) is 1. The van der Waals surface area contributed by atoms with Gasteiger partial charge >= 0.3 is 0 Å². The molecule has 2 atom stereocenters. The Morgan fingerprint density at radius 1 is 1.24 bits per heavy atom. The second-order valence-corrected chi connectivity index (χ2v) is 6.20. The van der Waals surface area contributed by atoms with Gasteiger partial charge in [-0.25, -0.2) is 15.2 Å². The van der Waals surface area contributed by atoms with Gasteiger partial charge in [-0.2, -0.15) is 0 Å². The Hall–Kier alpha value is -2.44. The van der Waals surface area contributed by atoms with Gasteiger partial charge in [0.1, 0.15) is 6.04 Å². The van der Waals surface area contributed by atoms with E-state index < -0.39 is 5.82 Å². The van der Waals surface area contributed by atoms with Gasteiger partial charge < -0.3 is 9.64 Å². The van der Waals surface area contributed by atoms with Crippen molar-refractivity contribution in [1.29, 1.82) is 0 Å². The van der Waals surface area contributed by atoms with Crippen molar-refractivity contribution >= 4 is 5.91 Å². The van der Waals surface area contributed by atoms with E-state index in [-0.39, 0.29) is 23.7 Å². The van der Waals surface area contributed by atoms with Crippen LogP contribution < -0.4 is 15.6 Å². The van der Waals surface area contributed by atoms with E-state index in [1.54, 1.807) is 24.1 Å². The van der Waals surface area contributed by atoms with Gasteiger partial charge in [-0.1, -0.05) is 36.4 Å². The van der Waals surface area contributed by atoms with E-state index in [0.29, 0.717) is 13.0 Å². The molecule has 2 aromatic rings. The zero-order chi connectivity index (χ0) is 17.8. The lowest BCUT2D eigenvalue weighted by Crippen LogP contribution is -2.43. The number of methoxy groups -OCH3 is 1. The number of carbonyl (C=O) groups excluding carboxylic acids is 1. The third kappa shape index (κ3) is 3.97. The molecular weight excluding hydrogens is 321 g/mol. The third-order valence-electron chi connectivity index (χ3n) is 4.42. The molecule has 2 unspecified atom stereocenters. The van der Waals surface area contributed by atoms with Gasteiger partial charge in [0.2, 0.25) is 5.91 Å². The first kappa shape index (κ1) is 17.4. The summed E-state index contributed by atoms with van der Waals surface area (Å²) in [6.07, 6.45) is 0.671. The quantitative estimate of drug-likeness (QED) is 0.875. The van der Waals surface area contributed by atoms with Gasteiger partial charge in [-0.05, 0) is 29.7 Å². The summed E-state index contributed by atoms with van der Waals surface area (Å²) >= 11 is 0. The molecule has 1 saturated heterocycles. The molecule has 2 aromatic carbocycles. The molecule has 0 spiro atoms. The van der Waals surface area contributed by atoms with Crippen molar-refractivity contribution in [3.8, 4) is 5.75 Å². The summed E-state index contributed by atoms with van der Waals surface area (Å²) in [5, 5.41) is 0. The fourth-order valence-electron chi connectivity index (χ4n) is 3.05. The summed E-state index contributed by atoms with van der Waals surface area (Å²) in [5.74, 6) is -0.252. The molecule has 0 bridgehead atoms. The highest BCUT2D eigenvalue weighted by atomic mass is 19.1. The highest BCUT2D eigenvalue weighted by Gasteiger charge is 2.31. The Morgan fingerprint density at radius 2 is 2.00 bits per heavy atom. The van der Waals surface area contributed by atoms with Crippen molar-refractivity contribution in [2.24, 2.45) is 0 Å². The van der Waals surface area contributed by atoms with Gasteiger partial charge in [0.25, 0.3) is 0 Å². The second-order valence-electron chi connectivity index (χ2n) is 6.20. The predicted octanol–water partition coefficient (Wildman–Crippen LogP) is 2.40. The number of hydrogen-bond donors (Lipinski definition) is 2. The molecule has 3 rings (SSSR count). The molecule has 0 radical (unpaired) electrons. The molecule has 0 saturated carbocycles. The number of likely N-dealkylation sites (N-methyl/N-ethyl adjacent to an activating group) is 1. The lowest BCUT2D eigenvalue weighted by atomic mass is 10.0. The van der Waals surface area contributed by atoms with Gasteiger partial charge in [-0.15, -0.1) is 0 Å². The molecule has 1 aliphatic rings. The minimum atomic E-state index is -0.425. The van der Waals surface area contributed by atoms with E-state index in [2.05, 4.69) is 10.9 Å². The van der Waals surface area contributed by atoms with Gasteiger partial charge in [0.05, 0.1) is 7.11 Å². The second kappa shape index (κ2) is 7.63. The minimum Gasteiger partial charge on any atom is -0.494 e. The van der Waals surface area contributed by atoms with E-state index in [0.717, 1.165) is 11.1 Å². The Kier molecular flexibility index (Phi) is 5.31. The number of amides is 1. The number of hydrogen-bond acceptors (Lipinski definition) is 4. The van der Waals surface area contributed by atoms with Crippen LogP contribution in [0.3, 0.4) is 0 Å². The Bertz CT molecular complexity index is 739. The zero-order valence-electron chi connectivity index (χ0n) is 14.3. The van der Waals surface area contributed by atoms with Crippen LogP contribution in [0.5, 0.6) is 5.75 Å². The highest BCUT2D eigenvalue weighted by molar-refractivity contribution is 5.82. The summed E-state index contributed by atoms with van der Waals surface area (Å²) in [4.78, 5) is 14.2. The van der Waals surface area contributed by atoms with Crippen molar-refractivity contribution in [3.63, 3.8) is 0 Å². The summed E-state index contributed by atoms with van der Waals surface area (Å²) in [6, 6.07) is 14.5. The normalized spacial score (nSPS) is 19.6. The van der Waals surface area contributed by atoms with Crippen LogP contribution in [0.2, 0.25) is 0 Å². The van der Waals surface area contributed by atoms with Crippen LogP contribution in [0, 0.1) is 5.82 Å². The van der Waals surface area contributed by atoms with Crippen molar-refractivity contribution in [3.05, 3.63) is 65.5 Å². The van der Waals surface area contributed by atoms with E-state index in [1.807, 2.05) is 30.3 Å². The van der Waals surface area contributed by atoms with Crippen LogP contribution in [0.1, 0.15) is 23.6 Å². The maximum absolute atomic E-state index is 13.8. The van der Waals surface area contributed by atoms with Crippen molar-refractivity contribution in [1.82, 2.24) is 15.8 Å². The van der Waals surface area contributed by atoms with Gasteiger partial charge in [0, 0.05) is 19.6 Å². The average molecular weight is 343 g/mol. The molecule has 0 aromatic heterocycles. The number of carbonyl (C=O) groups is 1. The first-order chi connectivity index (χ1) is 12.1. The van der Waals surface area contributed by atoms with Crippen LogP contribution >= 0.6 is 0 Å². The van der Waals surface area contributed by atoms with Crippen molar-refractivity contribution < 1.29 is 13.9 Å². The fourth-order valence-corrected chi connectivity index (χ4v) is 3.05. The fraction of sp³-hybridized carbons (Fsp3) is 0.316. The van der Waals surface area contributed by atoms with E-state index >= 15 is 0 Å². The number of benzene rings is 2. The number of nitrogens with one attached hydrogen (secondary N) is 2.